The first kappa shape index (κ1) is 18.7. The Hall–Kier alpha value is -3.07. The Morgan fingerprint density at radius 3 is 2.48 bits per heavy atom. The molecule has 0 bridgehead atoms. The van der Waals surface area contributed by atoms with Crippen molar-refractivity contribution >= 4 is 34.8 Å². The van der Waals surface area contributed by atoms with Crippen LogP contribution in [0.5, 0.6) is 0 Å². The standard InChI is InChI=1S/C20H13Cl2N3O2/c21-15-6-3-13(4-7-15)12-25-9-1-2-17(20(25)27)19(26)24-18-10-16(22)8-5-14(18)11-23/h1-10H,12H2,(H,24,26). The number of carbonyl (C=O) groups is 1. The fraction of sp³-hybridized carbons (Fsp3) is 0.0500. The number of nitriles is 1. The van der Waals surface area contributed by atoms with Crippen LogP contribution >= 0.6 is 23.2 Å². The zero-order chi connectivity index (χ0) is 19.4. The Morgan fingerprint density at radius 2 is 1.78 bits per heavy atom. The molecule has 1 aromatic heterocycles. The Balaban J connectivity index is 1.88. The van der Waals surface area contributed by atoms with Crippen LogP contribution in [0, 0.1) is 11.3 Å². The molecule has 0 aliphatic heterocycles. The van der Waals surface area contributed by atoms with E-state index in [-0.39, 0.29) is 16.8 Å². The summed E-state index contributed by atoms with van der Waals surface area (Å²) >= 11 is 11.8. The summed E-state index contributed by atoms with van der Waals surface area (Å²) in [4.78, 5) is 25.2. The SMILES string of the molecule is N#Cc1ccc(Cl)cc1NC(=O)c1cccn(Cc2ccc(Cl)cc2)c1=O. The molecular weight excluding hydrogens is 385 g/mol. The van der Waals surface area contributed by atoms with Crippen LogP contribution in [0.3, 0.4) is 0 Å². The van der Waals surface area contributed by atoms with E-state index in [1.165, 1.54) is 22.8 Å². The second-order valence-electron chi connectivity index (χ2n) is 5.74. The van der Waals surface area contributed by atoms with E-state index in [4.69, 9.17) is 28.5 Å². The number of nitrogens with one attached hydrogen (secondary N) is 1. The number of benzene rings is 2. The summed E-state index contributed by atoms with van der Waals surface area (Å²) in [5.41, 5.74) is 0.911. The van der Waals surface area contributed by atoms with E-state index < -0.39 is 11.5 Å². The molecule has 1 amide bonds. The molecule has 0 fully saturated rings. The van der Waals surface area contributed by atoms with E-state index in [1.54, 1.807) is 30.5 Å². The summed E-state index contributed by atoms with van der Waals surface area (Å²) in [5, 5.41) is 12.7. The van der Waals surface area contributed by atoms with Crippen LogP contribution in [0.4, 0.5) is 5.69 Å². The van der Waals surface area contributed by atoms with E-state index in [1.807, 2.05) is 18.2 Å². The smallest absolute Gasteiger partial charge is 0.263 e. The molecule has 1 heterocycles. The second-order valence-corrected chi connectivity index (χ2v) is 6.61. The van der Waals surface area contributed by atoms with E-state index >= 15 is 0 Å². The Bertz CT molecular complexity index is 1100. The molecule has 0 aliphatic rings. The van der Waals surface area contributed by atoms with Crippen molar-refractivity contribution in [1.82, 2.24) is 4.57 Å². The predicted molar refractivity (Wildman–Crippen MR) is 105 cm³/mol. The van der Waals surface area contributed by atoms with Crippen molar-refractivity contribution in [2.45, 2.75) is 6.54 Å². The van der Waals surface area contributed by atoms with Crippen LogP contribution in [0.2, 0.25) is 10.0 Å². The molecule has 27 heavy (non-hydrogen) atoms. The van der Waals surface area contributed by atoms with Crippen LogP contribution in [0.25, 0.3) is 0 Å². The fourth-order valence-electron chi connectivity index (χ4n) is 2.53. The minimum absolute atomic E-state index is 0.0321. The van der Waals surface area contributed by atoms with Gasteiger partial charge in [0.15, 0.2) is 0 Å². The molecule has 0 aliphatic carbocycles. The highest BCUT2D eigenvalue weighted by Crippen LogP contribution is 2.20. The lowest BCUT2D eigenvalue weighted by molar-refractivity contribution is 0.102. The van der Waals surface area contributed by atoms with Gasteiger partial charge in [0.25, 0.3) is 11.5 Å². The van der Waals surface area contributed by atoms with Crippen molar-refractivity contribution in [3.8, 4) is 6.07 Å². The summed E-state index contributed by atoms with van der Waals surface area (Å²) in [5.74, 6) is -0.607. The molecule has 3 rings (SSSR count). The maximum atomic E-state index is 12.7. The molecule has 3 aromatic rings. The summed E-state index contributed by atoms with van der Waals surface area (Å²) in [7, 11) is 0. The van der Waals surface area contributed by atoms with Crippen molar-refractivity contribution in [2.24, 2.45) is 0 Å². The average molecular weight is 398 g/mol. The summed E-state index contributed by atoms with van der Waals surface area (Å²) in [6.07, 6.45) is 1.60. The molecular formula is C20H13Cl2N3O2. The lowest BCUT2D eigenvalue weighted by atomic mass is 10.1. The lowest BCUT2D eigenvalue weighted by Gasteiger charge is -2.10. The topological polar surface area (TPSA) is 74.9 Å². The van der Waals surface area contributed by atoms with Crippen LogP contribution in [0.1, 0.15) is 21.5 Å². The van der Waals surface area contributed by atoms with E-state index in [0.29, 0.717) is 16.6 Å². The average Bonchev–Trinajstić information content (AvgIpc) is 2.65. The van der Waals surface area contributed by atoms with Crippen molar-refractivity contribution < 1.29 is 4.79 Å². The highest BCUT2D eigenvalue weighted by Gasteiger charge is 2.14. The first-order chi connectivity index (χ1) is 13.0. The number of hydrogen-bond acceptors (Lipinski definition) is 3. The highest BCUT2D eigenvalue weighted by molar-refractivity contribution is 6.31. The highest BCUT2D eigenvalue weighted by atomic mass is 35.5. The first-order valence-electron chi connectivity index (χ1n) is 7.93. The molecule has 5 nitrogen and oxygen atoms in total. The molecule has 0 spiro atoms. The van der Waals surface area contributed by atoms with Gasteiger partial charge < -0.3 is 9.88 Å². The molecule has 0 saturated heterocycles. The number of nitrogens with zero attached hydrogens (tertiary/aromatic N) is 2. The van der Waals surface area contributed by atoms with Crippen molar-refractivity contribution in [3.63, 3.8) is 0 Å². The molecule has 0 saturated carbocycles. The first-order valence-corrected chi connectivity index (χ1v) is 8.68. The maximum Gasteiger partial charge on any atom is 0.263 e. The predicted octanol–water partition coefficient (Wildman–Crippen LogP) is 4.33. The molecule has 0 atom stereocenters. The zero-order valence-corrected chi connectivity index (χ0v) is 15.5. The van der Waals surface area contributed by atoms with Gasteiger partial charge in [-0.2, -0.15) is 5.26 Å². The van der Waals surface area contributed by atoms with Gasteiger partial charge in [0.05, 0.1) is 17.8 Å². The second kappa shape index (κ2) is 8.09. The third-order valence-corrected chi connectivity index (χ3v) is 4.37. The number of pyridine rings is 1. The Morgan fingerprint density at radius 1 is 1.07 bits per heavy atom. The monoisotopic (exact) mass is 397 g/mol. The van der Waals surface area contributed by atoms with Crippen LogP contribution in [0.15, 0.2) is 65.6 Å². The number of aromatic nitrogens is 1. The number of halogens is 2. The summed E-state index contributed by atoms with van der Waals surface area (Å²) in [6.45, 7) is 0.303. The van der Waals surface area contributed by atoms with Crippen molar-refractivity contribution in [2.75, 3.05) is 5.32 Å². The minimum Gasteiger partial charge on any atom is -0.321 e. The number of amides is 1. The van der Waals surface area contributed by atoms with Gasteiger partial charge in [-0.25, -0.2) is 0 Å². The van der Waals surface area contributed by atoms with Gasteiger partial charge in [0.1, 0.15) is 11.6 Å². The fourth-order valence-corrected chi connectivity index (χ4v) is 2.83. The van der Waals surface area contributed by atoms with Gasteiger partial charge in [-0.05, 0) is 48.0 Å². The maximum absolute atomic E-state index is 12.7. The Labute approximate surface area is 165 Å². The summed E-state index contributed by atoms with van der Waals surface area (Å²) in [6, 6.07) is 16.7. The van der Waals surface area contributed by atoms with Crippen LogP contribution in [-0.2, 0) is 6.54 Å². The van der Waals surface area contributed by atoms with Gasteiger partial charge in [-0.3, -0.25) is 9.59 Å². The lowest BCUT2D eigenvalue weighted by Crippen LogP contribution is -2.29. The van der Waals surface area contributed by atoms with Gasteiger partial charge in [-0.15, -0.1) is 0 Å². The third kappa shape index (κ3) is 4.37. The number of rotatable bonds is 4. The van der Waals surface area contributed by atoms with Crippen LogP contribution in [-0.4, -0.2) is 10.5 Å². The van der Waals surface area contributed by atoms with Gasteiger partial charge in [0, 0.05) is 16.2 Å². The molecule has 1 N–H and O–H groups in total. The van der Waals surface area contributed by atoms with E-state index in [9.17, 15) is 9.59 Å². The molecule has 134 valence electrons. The van der Waals surface area contributed by atoms with Crippen LogP contribution < -0.4 is 10.9 Å². The van der Waals surface area contributed by atoms with Crippen molar-refractivity contribution in [3.05, 3.63) is 97.9 Å². The zero-order valence-electron chi connectivity index (χ0n) is 13.9. The largest absolute Gasteiger partial charge is 0.321 e. The number of hydrogen-bond donors (Lipinski definition) is 1. The Kier molecular flexibility index (Phi) is 5.60. The minimum atomic E-state index is -0.607. The number of anilines is 1. The molecule has 0 unspecified atom stereocenters. The van der Waals surface area contributed by atoms with Gasteiger partial charge in [0.2, 0.25) is 0 Å². The van der Waals surface area contributed by atoms with E-state index in [2.05, 4.69) is 5.32 Å². The molecule has 2 aromatic carbocycles. The third-order valence-electron chi connectivity index (χ3n) is 3.88. The quantitative estimate of drug-likeness (QED) is 0.711. The normalized spacial score (nSPS) is 10.3. The summed E-state index contributed by atoms with van der Waals surface area (Å²) < 4.78 is 1.43. The number of carbonyl (C=O) groups excluding carboxylic acids is 1. The molecule has 7 heteroatoms. The van der Waals surface area contributed by atoms with E-state index in [0.717, 1.165) is 5.56 Å². The van der Waals surface area contributed by atoms with Crippen molar-refractivity contribution in [1.29, 1.82) is 5.26 Å². The van der Waals surface area contributed by atoms with Gasteiger partial charge >= 0.3 is 0 Å². The molecule has 0 radical (unpaired) electrons. The van der Waals surface area contributed by atoms with Gasteiger partial charge in [-0.1, -0.05) is 35.3 Å².